The highest BCUT2D eigenvalue weighted by atomic mass is 35.5. The van der Waals surface area contributed by atoms with E-state index in [9.17, 15) is 4.79 Å². The van der Waals surface area contributed by atoms with Gasteiger partial charge in [-0.1, -0.05) is 5.21 Å². The van der Waals surface area contributed by atoms with Crippen LogP contribution in [0.25, 0.3) is 0 Å². The number of nitrogens with zero attached hydrogens (tertiary/aromatic N) is 4. The average Bonchev–Trinajstić information content (AvgIpc) is 3.16. The zero-order valence-corrected chi connectivity index (χ0v) is 17.9. The number of rotatable bonds is 4. The predicted octanol–water partition coefficient (Wildman–Crippen LogP) is 2.78. The van der Waals surface area contributed by atoms with Crippen LogP contribution < -0.4 is 10.6 Å². The minimum absolute atomic E-state index is 0. The maximum Gasteiger partial charge on any atom is 0.274 e. The van der Waals surface area contributed by atoms with Crippen LogP contribution in [0.3, 0.4) is 0 Å². The van der Waals surface area contributed by atoms with Crippen molar-refractivity contribution < 1.29 is 4.79 Å². The molecule has 1 fully saturated rings. The lowest BCUT2D eigenvalue weighted by atomic mass is 10.1. The van der Waals surface area contributed by atoms with E-state index in [-0.39, 0.29) is 30.7 Å². The van der Waals surface area contributed by atoms with Gasteiger partial charge in [0.1, 0.15) is 5.01 Å². The van der Waals surface area contributed by atoms with Crippen LogP contribution in [0.5, 0.6) is 0 Å². The fraction of sp³-hybridized carbons (Fsp3) is 0.625. The molecular weight excluding hydrogens is 395 g/mol. The molecule has 146 valence electrons. The number of thiazole rings is 1. The highest BCUT2D eigenvalue weighted by molar-refractivity contribution is 7.11. The quantitative estimate of drug-likeness (QED) is 0.793. The molecule has 1 amide bonds. The standard InChI is InChI=1S/C16H24N6OS.2ClH/c1-10-11(2)24-15(18-10)16(3,4)19-14(23)13-9-22(21-20-13)12-5-7-17-8-6-12;;/h9,12,17H,5-8H2,1-4H3,(H,19,23);2*1H. The monoisotopic (exact) mass is 420 g/mol. The van der Waals surface area contributed by atoms with Crippen LogP contribution in [0, 0.1) is 13.8 Å². The topological polar surface area (TPSA) is 84.7 Å². The molecule has 0 aliphatic carbocycles. The molecular formula is C16H26Cl2N6OS. The third-order valence-corrected chi connectivity index (χ3v) is 5.81. The van der Waals surface area contributed by atoms with Crippen molar-refractivity contribution >= 4 is 42.1 Å². The van der Waals surface area contributed by atoms with Crippen LogP contribution in [-0.4, -0.2) is 39.0 Å². The molecule has 7 nitrogen and oxygen atoms in total. The van der Waals surface area contributed by atoms with Gasteiger partial charge in [-0.15, -0.1) is 41.2 Å². The van der Waals surface area contributed by atoms with Crippen molar-refractivity contribution in [2.24, 2.45) is 0 Å². The summed E-state index contributed by atoms with van der Waals surface area (Å²) in [5.74, 6) is -0.217. The first kappa shape index (κ1) is 22.8. The summed E-state index contributed by atoms with van der Waals surface area (Å²) in [7, 11) is 0. The molecule has 26 heavy (non-hydrogen) atoms. The maximum atomic E-state index is 12.6. The number of amides is 1. The minimum atomic E-state index is -0.542. The fourth-order valence-electron chi connectivity index (χ4n) is 2.77. The Labute approximate surface area is 170 Å². The summed E-state index contributed by atoms with van der Waals surface area (Å²) >= 11 is 1.61. The van der Waals surface area contributed by atoms with Crippen LogP contribution in [0.4, 0.5) is 0 Å². The molecule has 10 heteroatoms. The summed E-state index contributed by atoms with van der Waals surface area (Å²) in [6.07, 6.45) is 3.76. The molecule has 1 aliphatic rings. The van der Waals surface area contributed by atoms with Gasteiger partial charge in [-0.25, -0.2) is 9.67 Å². The summed E-state index contributed by atoms with van der Waals surface area (Å²) < 4.78 is 1.82. The lowest BCUT2D eigenvalue weighted by Gasteiger charge is -2.23. The molecule has 0 bridgehead atoms. The number of aromatic nitrogens is 4. The van der Waals surface area contributed by atoms with E-state index in [0.29, 0.717) is 11.7 Å². The van der Waals surface area contributed by atoms with E-state index in [4.69, 9.17) is 0 Å². The maximum absolute atomic E-state index is 12.6. The van der Waals surface area contributed by atoms with E-state index >= 15 is 0 Å². The molecule has 2 aromatic heterocycles. The summed E-state index contributed by atoms with van der Waals surface area (Å²) in [5, 5.41) is 15.5. The van der Waals surface area contributed by atoms with Crippen molar-refractivity contribution in [3.63, 3.8) is 0 Å². The van der Waals surface area contributed by atoms with Crippen molar-refractivity contribution in [1.29, 1.82) is 0 Å². The third kappa shape index (κ3) is 4.94. The summed E-state index contributed by atoms with van der Waals surface area (Å²) in [6.45, 7) is 9.89. The second-order valence-corrected chi connectivity index (χ2v) is 8.01. The van der Waals surface area contributed by atoms with Crippen LogP contribution >= 0.6 is 36.2 Å². The molecule has 2 N–H and O–H groups in total. The van der Waals surface area contributed by atoms with Crippen molar-refractivity contribution in [2.75, 3.05) is 13.1 Å². The van der Waals surface area contributed by atoms with Crippen molar-refractivity contribution in [2.45, 2.75) is 52.1 Å². The Balaban J connectivity index is 0.00000169. The molecule has 0 aromatic carbocycles. The predicted molar refractivity (Wildman–Crippen MR) is 108 cm³/mol. The molecule has 0 atom stereocenters. The zero-order chi connectivity index (χ0) is 17.3. The van der Waals surface area contributed by atoms with Gasteiger partial charge in [0.2, 0.25) is 0 Å². The number of halogens is 2. The molecule has 0 saturated carbocycles. The van der Waals surface area contributed by atoms with Crippen LogP contribution in [0.15, 0.2) is 6.20 Å². The van der Waals surface area contributed by atoms with Gasteiger partial charge in [0.25, 0.3) is 5.91 Å². The van der Waals surface area contributed by atoms with Gasteiger partial charge < -0.3 is 10.6 Å². The smallest absolute Gasteiger partial charge is 0.274 e. The van der Waals surface area contributed by atoms with Crippen LogP contribution in [0.2, 0.25) is 0 Å². The molecule has 0 radical (unpaired) electrons. The van der Waals surface area contributed by atoms with E-state index < -0.39 is 5.54 Å². The van der Waals surface area contributed by atoms with Crippen molar-refractivity contribution in [3.05, 3.63) is 27.5 Å². The number of aryl methyl sites for hydroxylation is 2. The van der Waals surface area contributed by atoms with E-state index in [1.54, 1.807) is 17.5 Å². The fourth-order valence-corrected chi connectivity index (χ4v) is 3.74. The minimum Gasteiger partial charge on any atom is -0.339 e. The van der Waals surface area contributed by atoms with Crippen molar-refractivity contribution in [3.8, 4) is 0 Å². The first-order valence-electron chi connectivity index (χ1n) is 8.26. The average molecular weight is 421 g/mol. The summed E-state index contributed by atoms with van der Waals surface area (Å²) in [6, 6.07) is 0.317. The molecule has 2 aromatic rings. The number of carbonyl (C=O) groups is 1. The number of carbonyl (C=O) groups excluding carboxylic acids is 1. The Bertz CT molecular complexity index is 719. The first-order chi connectivity index (χ1) is 11.4. The van der Waals surface area contributed by atoms with Gasteiger partial charge in [0.15, 0.2) is 5.69 Å². The number of piperidine rings is 1. The van der Waals surface area contributed by atoms with E-state index in [1.807, 2.05) is 32.4 Å². The van der Waals surface area contributed by atoms with E-state index in [1.165, 1.54) is 4.88 Å². The summed E-state index contributed by atoms with van der Waals surface area (Å²) in [5.41, 5.74) is 0.819. The van der Waals surface area contributed by atoms with Gasteiger partial charge in [0, 0.05) is 4.88 Å². The third-order valence-electron chi connectivity index (χ3n) is 4.41. The van der Waals surface area contributed by atoms with Gasteiger partial charge in [-0.2, -0.15) is 0 Å². The Hall–Kier alpha value is -1.22. The Morgan fingerprint density at radius 3 is 2.54 bits per heavy atom. The van der Waals surface area contributed by atoms with Gasteiger partial charge in [-0.3, -0.25) is 4.79 Å². The first-order valence-corrected chi connectivity index (χ1v) is 9.08. The normalized spacial score (nSPS) is 15.1. The molecule has 0 spiro atoms. The second-order valence-electron chi connectivity index (χ2n) is 6.80. The largest absolute Gasteiger partial charge is 0.339 e. The number of nitrogens with one attached hydrogen (secondary N) is 2. The van der Waals surface area contributed by atoms with Crippen LogP contribution in [-0.2, 0) is 5.54 Å². The Kier molecular flexibility index (Phi) is 8.01. The zero-order valence-electron chi connectivity index (χ0n) is 15.4. The number of hydrogen-bond acceptors (Lipinski definition) is 6. The van der Waals surface area contributed by atoms with Gasteiger partial charge >= 0.3 is 0 Å². The highest BCUT2D eigenvalue weighted by Gasteiger charge is 2.29. The van der Waals surface area contributed by atoms with Crippen molar-refractivity contribution in [1.82, 2.24) is 30.6 Å². The number of hydrogen-bond donors (Lipinski definition) is 2. The Morgan fingerprint density at radius 1 is 1.31 bits per heavy atom. The second kappa shape index (κ2) is 9.12. The molecule has 3 heterocycles. The SMILES string of the molecule is Cc1nc(C(C)(C)NC(=O)c2cn(C3CCNCC3)nn2)sc1C.Cl.Cl. The Morgan fingerprint density at radius 2 is 1.96 bits per heavy atom. The lowest BCUT2D eigenvalue weighted by molar-refractivity contribution is 0.0906. The van der Waals surface area contributed by atoms with Crippen LogP contribution in [0.1, 0.15) is 58.8 Å². The van der Waals surface area contributed by atoms with E-state index in [2.05, 4.69) is 25.9 Å². The highest BCUT2D eigenvalue weighted by Crippen LogP contribution is 2.27. The molecule has 0 unspecified atom stereocenters. The molecule has 1 aliphatic heterocycles. The summed E-state index contributed by atoms with van der Waals surface area (Å²) in [4.78, 5) is 18.3. The lowest BCUT2D eigenvalue weighted by Crippen LogP contribution is -2.41. The van der Waals surface area contributed by atoms with Gasteiger partial charge in [-0.05, 0) is 53.6 Å². The van der Waals surface area contributed by atoms with Gasteiger partial charge in [0.05, 0.1) is 23.5 Å². The molecule has 1 saturated heterocycles. The van der Waals surface area contributed by atoms with E-state index in [0.717, 1.165) is 36.6 Å². The molecule has 3 rings (SSSR count).